The number of hydrogen-bond donors (Lipinski definition) is 2. The summed E-state index contributed by atoms with van der Waals surface area (Å²) >= 11 is 0. The first-order valence-corrected chi connectivity index (χ1v) is 6.47. The molecule has 1 heterocycles. The van der Waals surface area contributed by atoms with Crippen molar-refractivity contribution in [3.8, 4) is 11.5 Å². The summed E-state index contributed by atoms with van der Waals surface area (Å²) in [6, 6.07) is 6.07. The summed E-state index contributed by atoms with van der Waals surface area (Å²) in [5.41, 5.74) is 1.29. The molecule has 1 saturated heterocycles. The third-order valence-electron chi connectivity index (χ3n) is 3.30. The number of aliphatic hydroxyl groups excluding tert-OH is 1. The molecule has 0 saturated carbocycles. The van der Waals surface area contributed by atoms with E-state index < -0.39 is 0 Å². The van der Waals surface area contributed by atoms with Gasteiger partial charge in [0.2, 0.25) is 0 Å². The number of methoxy groups -OCH3 is 1. The van der Waals surface area contributed by atoms with Gasteiger partial charge in [-0.2, -0.15) is 0 Å². The van der Waals surface area contributed by atoms with E-state index in [1.165, 1.54) is 18.4 Å². The molecule has 2 rings (SSSR count). The first kappa shape index (κ1) is 13.2. The highest BCUT2D eigenvalue weighted by Gasteiger charge is 2.17. The molecule has 1 aromatic rings. The van der Waals surface area contributed by atoms with Gasteiger partial charge in [0.25, 0.3) is 0 Å². The molecule has 0 amide bonds. The Morgan fingerprint density at radius 1 is 1.39 bits per heavy atom. The normalized spacial score (nSPS) is 19.6. The second-order valence-corrected chi connectivity index (χ2v) is 4.53. The van der Waals surface area contributed by atoms with E-state index in [2.05, 4.69) is 11.4 Å². The number of benzene rings is 1. The van der Waals surface area contributed by atoms with E-state index in [1.807, 2.05) is 12.1 Å². The monoisotopic (exact) mass is 251 g/mol. The van der Waals surface area contributed by atoms with E-state index >= 15 is 0 Å². The van der Waals surface area contributed by atoms with Gasteiger partial charge in [-0.25, -0.2) is 0 Å². The molecule has 0 spiro atoms. The largest absolute Gasteiger partial charge is 0.493 e. The van der Waals surface area contributed by atoms with Gasteiger partial charge in [-0.05, 0) is 43.0 Å². The first-order valence-electron chi connectivity index (χ1n) is 6.47. The number of piperidine rings is 1. The zero-order valence-electron chi connectivity index (χ0n) is 10.8. The third kappa shape index (κ3) is 3.15. The van der Waals surface area contributed by atoms with Crippen molar-refractivity contribution in [1.29, 1.82) is 0 Å². The highest BCUT2D eigenvalue weighted by atomic mass is 16.5. The smallest absolute Gasteiger partial charge is 0.161 e. The molecule has 4 heteroatoms. The van der Waals surface area contributed by atoms with Gasteiger partial charge in [-0.1, -0.05) is 6.07 Å². The minimum Gasteiger partial charge on any atom is -0.493 e. The van der Waals surface area contributed by atoms with Crippen LogP contribution >= 0.6 is 0 Å². The lowest BCUT2D eigenvalue weighted by Crippen LogP contribution is -2.28. The third-order valence-corrected chi connectivity index (χ3v) is 3.30. The fourth-order valence-electron chi connectivity index (χ4n) is 2.35. The summed E-state index contributed by atoms with van der Waals surface area (Å²) in [7, 11) is 1.64. The lowest BCUT2D eigenvalue weighted by Gasteiger charge is -2.24. The molecular weight excluding hydrogens is 230 g/mol. The molecule has 18 heavy (non-hydrogen) atoms. The maximum absolute atomic E-state index is 8.78. The maximum atomic E-state index is 8.78. The fraction of sp³-hybridized carbons (Fsp3) is 0.571. The predicted octanol–water partition coefficient (Wildman–Crippen LogP) is 1.53. The van der Waals surface area contributed by atoms with E-state index in [4.69, 9.17) is 14.6 Å². The molecular formula is C14H21NO3. The van der Waals surface area contributed by atoms with E-state index in [0.717, 1.165) is 18.8 Å². The lowest BCUT2D eigenvalue weighted by atomic mass is 9.91. The highest BCUT2D eigenvalue weighted by Crippen LogP contribution is 2.32. The van der Waals surface area contributed by atoms with Gasteiger partial charge in [-0.3, -0.25) is 0 Å². The summed E-state index contributed by atoms with van der Waals surface area (Å²) < 4.78 is 10.8. The summed E-state index contributed by atoms with van der Waals surface area (Å²) in [6.07, 6.45) is 2.43. The number of aliphatic hydroxyl groups is 1. The van der Waals surface area contributed by atoms with Crippen LogP contribution in [0, 0.1) is 0 Å². The first-order chi connectivity index (χ1) is 8.85. The molecule has 1 fully saturated rings. The number of ether oxygens (including phenoxy) is 2. The van der Waals surface area contributed by atoms with Gasteiger partial charge in [0.15, 0.2) is 11.5 Å². The van der Waals surface area contributed by atoms with Crippen LogP contribution in [0.5, 0.6) is 11.5 Å². The van der Waals surface area contributed by atoms with Crippen LogP contribution in [0.4, 0.5) is 0 Å². The quantitative estimate of drug-likeness (QED) is 0.833. The Balaban J connectivity index is 2.12. The molecule has 0 aromatic heterocycles. The van der Waals surface area contributed by atoms with Crippen molar-refractivity contribution in [3.05, 3.63) is 23.8 Å². The van der Waals surface area contributed by atoms with Crippen molar-refractivity contribution in [2.45, 2.75) is 18.8 Å². The molecule has 0 radical (unpaired) electrons. The SMILES string of the molecule is COc1cc(C2CCCNC2)ccc1OCCO. The van der Waals surface area contributed by atoms with Gasteiger partial charge in [-0.15, -0.1) is 0 Å². The summed E-state index contributed by atoms with van der Waals surface area (Å²) in [5.74, 6) is 1.99. The van der Waals surface area contributed by atoms with Crippen LogP contribution in [-0.4, -0.2) is 38.5 Å². The molecule has 1 aliphatic rings. The Kier molecular flexibility index (Phi) is 4.84. The lowest BCUT2D eigenvalue weighted by molar-refractivity contribution is 0.196. The molecule has 100 valence electrons. The molecule has 1 atom stereocenters. The molecule has 1 aromatic carbocycles. The summed E-state index contributed by atoms with van der Waals surface area (Å²) in [5, 5.41) is 12.2. The number of hydrogen-bond acceptors (Lipinski definition) is 4. The second-order valence-electron chi connectivity index (χ2n) is 4.53. The van der Waals surface area contributed by atoms with Crippen LogP contribution in [-0.2, 0) is 0 Å². The van der Waals surface area contributed by atoms with Crippen molar-refractivity contribution in [3.63, 3.8) is 0 Å². The van der Waals surface area contributed by atoms with Crippen molar-refractivity contribution in [2.24, 2.45) is 0 Å². The van der Waals surface area contributed by atoms with E-state index in [0.29, 0.717) is 18.3 Å². The van der Waals surface area contributed by atoms with E-state index in [-0.39, 0.29) is 6.61 Å². The Morgan fingerprint density at radius 2 is 2.28 bits per heavy atom. The van der Waals surface area contributed by atoms with E-state index in [1.54, 1.807) is 7.11 Å². The van der Waals surface area contributed by atoms with Crippen LogP contribution in [0.2, 0.25) is 0 Å². The van der Waals surface area contributed by atoms with Crippen LogP contribution in [0.15, 0.2) is 18.2 Å². The summed E-state index contributed by atoms with van der Waals surface area (Å²) in [4.78, 5) is 0. The predicted molar refractivity (Wildman–Crippen MR) is 70.4 cm³/mol. The molecule has 1 unspecified atom stereocenters. The molecule has 4 nitrogen and oxygen atoms in total. The van der Waals surface area contributed by atoms with Gasteiger partial charge in [0.1, 0.15) is 6.61 Å². The van der Waals surface area contributed by atoms with Gasteiger partial charge in [0, 0.05) is 6.54 Å². The van der Waals surface area contributed by atoms with Gasteiger partial charge in [0.05, 0.1) is 13.7 Å². The second kappa shape index (κ2) is 6.61. The number of rotatable bonds is 5. The zero-order valence-corrected chi connectivity index (χ0v) is 10.8. The molecule has 0 aliphatic carbocycles. The standard InChI is InChI=1S/C14H21NO3/c1-17-14-9-11(12-3-2-6-15-10-12)4-5-13(14)18-8-7-16/h4-5,9,12,15-16H,2-3,6-8,10H2,1H3. The Morgan fingerprint density at radius 3 is 2.94 bits per heavy atom. The molecule has 2 N–H and O–H groups in total. The van der Waals surface area contributed by atoms with Crippen LogP contribution in [0.1, 0.15) is 24.3 Å². The van der Waals surface area contributed by atoms with Crippen LogP contribution < -0.4 is 14.8 Å². The van der Waals surface area contributed by atoms with Crippen molar-refractivity contribution >= 4 is 0 Å². The Hall–Kier alpha value is -1.26. The van der Waals surface area contributed by atoms with Crippen molar-refractivity contribution in [1.82, 2.24) is 5.32 Å². The average molecular weight is 251 g/mol. The Labute approximate surface area is 108 Å². The fourth-order valence-corrected chi connectivity index (χ4v) is 2.35. The van der Waals surface area contributed by atoms with Crippen molar-refractivity contribution < 1.29 is 14.6 Å². The molecule has 0 bridgehead atoms. The van der Waals surface area contributed by atoms with Crippen molar-refractivity contribution in [2.75, 3.05) is 33.4 Å². The minimum absolute atomic E-state index is 0.0114. The number of nitrogens with one attached hydrogen (secondary N) is 1. The zero-order chi connectivity index (χ0) is 12.8. The summed E-state index contributed by atoms with van der Waals surface area (Å²) in [6.45, 7) is 2.45. The minimum atomic E-state index is 0.0114. The van der Waals surface area contributed by atoms with Gasteiger partial charge < -0.3 is 19.9 Å². The topological polar surface area (TPSA) is 50.7 Å². The Bertz CT molecular complexity index is 375. The maximum Gasteiger partial charge on any atom is 0.161 e. The highest BCUT2D eigenvalue weighted by molar-refractivity contribution is 5.44. The molecule has 1 aliphatic heterocycles. The average Bonchev–Trinajstić information content (AvgIpc) is 2.46. The van der Waals surface area contributed by atoms with Crippen LogP contribution in [0.3, 0.4) is 0 Å². The van der Waals surface area contributed by atoms with Crippen LogP contribution in [0.25, 0.3) is 0 Å². The van der Waals surface area contributed by atoms with E-state index in [9.17, 15) is 0 Å². The van der Waals surface area contributed by atoms with Gasteiger partial charge >= 0.3 is 0 Å².